The molecule has 1 amide bonds. The lowest BCUT2D eigenvalue weighted by atomic mass is 10.2. The second kappa shape index (κ2) is 5.77. The van der Waals surface area contributed by atoms with Gasteiger partial charge in [0.15, 0.2) is 5.82 Å². The van der Waals surface area contributed by atoms with Gasteiger partial charge in [-0.05, 0) is 26.0 Å². The van der Waals surface area contributed by atoms with Gasteiger partial charge in [0.1, 0.15) is 4.88 Å². The van der Waals surface area contributed by atoms with Crippen molar-refractivity contribution in [1.29, 1.82) is 0 Å². The van der Waals surface area contributed by atoms with Crippen molar-refractivity contribution in [2.75, 3.05) is 31.1 Å². The Morgan fingerprint density at radius 3 is 2.48 bits per heavy atom. The molecule has 110 valence electrons. The summed E-state index contributed by atoms with van der Waals surface area (Å²) in [6, 6.07) is 3.94. The Balaban J connectivity index is 1.64. The number of hydrogen-bond donors (Lipinski definition) is 0. The quantitative estimate of drug-likeness (QED) is 0.841. The van der Waals surface area contributed by atoms with Crippen molar-refractivity contribution in [2.24, 2.45) is 0 Å². The fourth-order valence-corrected chi connectivity index (χ4v) is 3.12. The number of carbonyl (C=O) groups excluding carboxylic acids is 1. The molecule has 7 heteroatoms. The lowest BCUT2D eigenvalue weighted by Crippen LogP contribution is -2.49. The van der Waals surface area contributed by atoms with Crippen LogP contribution in [-0.2, 0) is 0 Å². The van der Waals surface area contributed by atoms with Crippen LogP contribution in [0.2, 0.25) is 0 Å². The minimum atomic E-state index is 0.0876. The number of piperazine rings is 1. The largest absolute Gasteiger partial charge is 0.352 e. The zero-order valence-electron chi connectivity index (χ0n) is 12.1. The van der Waals surface area contributed by atoms with E-state index in [4.69, 9.17) is 0 Å². The van der Waals surface area contributed by atoms with Gasteiger partial charge in [0, 0.05) is 26.2 Å². The van der Waals surface area contributed by atoms with Gasteiger partial charge in [0.05, 0.1) is 16.9 Å². The van der Waals surface area contributed by atoms with Gasteiger partial charge < -0.3 is 9.80 Å². The lowest BCUT2D eigenvalue weighted by molar-refractivity contribution is 0.0750. The van der Waals surface area contributed by atoms with E-state index in [1.165, 1.54) is 11.3 Å². The first kappa shape index (κ1) is 13.9. The highest BCUT2D eigenvalue weighted by Gasteiger charge is 2.24. The first-order valence-electron chi connectivity index (χ1n) is 6.90. The SMILES string of the molecule is Cc1ccc(N2CCN(C(=O)c3scnc3C)CC2)nn1. The molecule has 0 aliphatic carbocycles. The molecule has 3 rings (SSSR count). The molecule has 0 radical (unpaired) electrons. The monoisotopic (exact) mass is 303 g/mol. The summed E-state index contributed by atoms with van der Waals surface area (Å²) >= 11 is 1.41. The summed E-state index contributed by atoms with van der Waals surface area (Å²) in [6.07, 6.45) is 0. The molecular weight excluding hydrogens is 286 g/mol. The summed E-state index contributed by atoms with van der Waals surface area (Å²) in [5, 5.41) is 8.28. The summed E-state index contributed by atoms with van der Waals surface area (Å²) in [7, 11) is 0. The van der Waals surface area contributed by atoms with E-state index in [1.807, 2.05) is 30.9 Å². The van der Waals surface area contributed by atoms with E-state index < -0.39 is 0 Å². The Labute approximate surface area is 127 Å². The van der Waals surface area contributed by atoms with Crippen LogP contribution < -0.4 is 4.90 Å². The first-order chi connectivity index (χ1) is 10.1. The molecule has 0 unspecified atom stereocenters. The van der Waals surface area contributed by atoms with Crippen LogP contribution in [0.15, 0.2) is 17.6 Å². The minimum absolute atomic E-state index is 0.0876. The highest BCUT2D eigenvalue weighted by Crippen LogP contribution is 2.18. The highest BCUT2D eigenvalue weighted by molar-refractivity contribution is 7.11. The average molecular weight is 303 g/mol. The lowest BCUT2D eigenvalue weighted by Gasteiger charge is -2.35. The van der Waals surface area contributed by atoms with E-state index in [9.17, 15) is 4.79 Å². The number of anilines is 1. The van der Waals surface area contributed by atoms with Gasteiger partial charge >= 0.3 is 0 Å². The Morgan fingerprint density at radius 1 is 1.14 bits per heavy atom. The van der Waals surface area contributed by atoms with Crippen molar-refractivity contribution in [3.63, 3.8) is 0 Å². The van der Waals surface area contributed by atoms with E-state index in [1.54, 1.807) is 5.51 Å². The van der Waals surface area contributed by atoms with Gasteiger partial charge in [0.2, 0.25) is 0 Å². The first-order valence-corrected chi connectivity index (χ1v) is 7.78. The number of hydrogen-bond acceptors (Lipinski definition) is 6. The molecular formula is C14H17N5OS. The average Bonchev–Trinajstić information content (AvgIpc) is 2.94. The second-order valence-corrected chi connectivity index (χ2v) is 5.93. The number of thiazole rings is 1. The Kier molecular flexibility index (Phi) is 3.83. The number of amides is 1. The topological polar surface area (TPSA) is 62.2 Å². The molecule has 0 aromatic carbocycles. The third kappa shape index (κ3) is 2.87. The second-order valence-electron chi connectivity index (χ2n) is 5.08. The maximum atomic E-state index is 12.4. The van der Waals surface area contributed by atoms with Crippen LogP contribution >= 0.6 is 11.3 Å². The van der Waals surface area contributed by atoms with E-state index >= 15 is 0 Å². The van der Waals surface area contributed by atoms with Gasteiger partial charge in [-0.25, -0.2) is 4.98 Å². The highest BCUT2D eigenvalue weighted by atomic mass is 32.1. The van der Waals surface area contributed by atoms with E-state index in [2.05, 4.69) is 20.1 Å². The smallest absolute Gasteiger partial charge is 0.265 e. The Bertz CT molecular complexity index is 631. The van der Waals surface area contributed by atoms with Gasteiger partial charge in [0.25, 0.3) is 5.91 Å². The molecule has 2 aromatic heterocycles. The molecule has 0 bridgehead atoms. The molecule has 0 saturated carbocycles. The molecule has 0 N–H and O–H groups in total. The summed E-state index contributed by atoms with van der Waals surface area (Å²) in [6.45, 7) is 6.76. The maximum absolute atomic E-state index is 12.4. The standard InChI is InChI=1S/C14H17N5OS/c1-10-3-4-12(17-16-10)18-5-7-19(8-6-18)14(20)13-11(2)15-9-21-13/h3-4,9H,5-8H2,1-2H3. The normalized spacial score (nSPS) is 15.3. The molecule has 21 heavy (non-hydrogen) atoms. The van der Waals surface area contributed by atoms with Crippen molar-refractivity contribution in [3.05, 3.63) is 33.9 Å². The van der Waals surface area contributed by atoms with Crippen LogP contribution in [-0.4, -0.2) is 52.2 Å². The summed E-state index contributed by atoms with van der Waals surface area (Å²) in [5.41, 5.74) is 3.45. The van der Waals surface area contributed by atoms with Crippen LogP contribution in [0.25, 0.3) is 0 Å². The molecule has 0 atom stereocenters. The fourth-order valence-electron chi connectivity index (χ4n) is 2.35. The van der Waals surface area contributed by atoms with Gasteiger partial charge in [-0.15, -0.1) is 16.4 Å². The van der Waals surface area contributed by atoms with Crippen molar-refractivity contribution in [3.8, 4) is 0 Å². The summed E-state index contributed by atoms with van der Waals surface area (Å²) in [4.78, 5) is 21.4. The van der Waals surface area contributed by atoms with Crippen molar-refractivity contribution >= 4 is 23.1 Å². The fraction of sp³-hybridized carbons (Fsp3) is 0.429. The molecule has 1 fully saturated rings. The molecule has 6 nitrogen and oxygen atoms in total. The number of rotatable bonds is 2. The predicted molar refractivity (Wildman–Crippen MR) is 81.7 cm³/mol. The Morgan fingerprint density at radius 2 is 1.90 bits per heavy atom. The molecule has 0 spiro atoms. The number of carbonyl (C=O) groups is 1. The maximum Gasteiger partial charge on any atom is 0.265 e. The summed E-state index contributed by atoms with van der Waals surface area (Å²) in [5.74, 6) is 0.964. The van der Waals surface area contributed by atoms with Crippen LogP contribution in [0.4, 0.5) is 5.82 Å². The van der Waals surface area contributed by atoms with Gasteiger partial charge in [-0.3, -0.25) is 4.79 Å². The van der Waals surface area contributed by atoms with E-state index in [-0.39, 0.29) is 5.91 Å². The Hall–Kier alpha value is -2.02. The molecule has 3 heterocycles. The zero-order chi connectivity index (χ0) is 14.8. The van der Waals surface area contributed by atoms with Crippen molar-refractivity contribution < 1.29 is 4.79 Å². The van der Waals surface area contributed by atoms with Crippen molar-refractivity contribution in [1.82, 2.24) is 20.1 Å². The third-order valence-corrected chi connectivity index (χ3v) is 4.53. The summed E-state index contributed by atoms with van der Waals surface area (Å²) < 4.78 is 0. The number of nitrogens with zero attached hydrogens (tertiary/aromatic N) is 5. The third-order valence-electron chi connectivity index (χ3n) is 3.61. The number of aromatic nitrogens is 3. The van der Waals surface area contributed by atoms with Crippen LogP contribution in [0.3, 0.4) is 0 Å². The van der Waals surface area contributed by atoms with E-state index in [0.29, 0.717) is 13.1 Å². The van der Waals surface area contributed by atoms with Crippen molar-refractivity contribution in [2.45, 2.75) is 13.8 Å². The minimum Gasteiger partial charge on any atom is -0.352 e. The van der Waals surface area contributed by atoms with Crippen LogP contribution in [0, 0.1) is 13.8 Å². The molecule has 1 saturated heterocycles. The molecule has 2 aromatic rings. The number of aryl methyl sites for hydroxylation is 2. The van der Waals surface area contributed by atoms with Gasteiger partial charge in [-0.2, -0.15) is 5.10 Å². The van der Waals surface area contributed by atoms with Crippen LogP contribution in [0.1, 0.15) is 21.1 Å². The van der Waals surface area contributed by atoms with Gasteiger partial charge in [-0.1, -0.05) is 0 Å². The molecule has 1 aliphatic heterocycles. The molecule has 1 aliphatic rings. The zero-order valence-corrected chi connectivity index (χ0v) is 12.9. The van der Waals surface area contributed by atoms with Crippen LogP contribution in [0.5, 0.6) is 0 Å². The van der Waals surface area contributed by atoms with E-state index in [0.717, 1.165) is 35.2 Å². The predicted octanol–water partition coefficient (Wildman–Crippen LogP) is 1.51.